The van der Waals surface area contributed by atoms with Gasteiger partial charge in [-0.25, -0.2) is 0 Å². The lowest BCUT2D eigenvalue weighted by atomic mass is 10.0. The van der Waals surface area contributed by atoms with Gasteiger partial charge >= 0.3 is 0 Å². The highest BCUT2D eigenvalue weighted by Gasteiger charge is 2.30. The molecule has 2 amide bonds. The van der Waals surface area contributed by atoms with Gasteiger partial charge < -0.3 is 19.6 Å². The molecule has 0 radical (unpaired) electrons. The number of carbonyl (C=O) groups excluding carboxylic acids is 2. The fourth-order valence-electron chi connectivity index (χ4n) is 3.84. The van der Waals surface area contributed by atoms with Crippen molar-refractivity contribution >= 4 is 11.8 Å². The molecular weight excluding hydrogens is 404 g/mol. The number of hydrogen-bond donors (Lipinski definition) is 1. The van der Waals surface area contributed by atoms with Crippen LogP contribution in [0.5, 0.6) is 0 Å². The summed E-state index contributed by atoms with van der Waals surface area (Å²) in [5.41, 5.74) is 2.86. The van der Waals surface area contributed by atoms with Crippen LogP contribution in [0, 0.1) is 6.92 Å². The molecule has 2 heterocycles. The first-order valence-corrected chi connectivity index (χ1v) is 11.0. The summed E-state index contributed by atoms with van der Waals surface area (Å²) in [5.74, 6) is -0.0440. The number of nitrogens with one attached hydrogen (secondary N) is 1. The molecule has 7 nitrogen and oxygen atoms in total. The van der Waals surface area contributed by atoms with Crippen LogP contribution >= 0.6 is 0 Å². The minimum atomic E-state index is -0.781. The highest BCUT2D eigenvalue weighted by Crippen LogP contribution is 2.22. The SMILES string of the molecule is CCN1CCN(C(=O)C(NC(=O)c2cc(-c3ccc(C)cc3)on2)c2ccccc2)CC1. The van der Waals surface area contributed by atoms with E-state index < -0.39 is 11.9 Å². The second kappa shape index (κ2) is 9.78. The Morgan fingerprint density at radius 2 is 1.72 bits per heavy atom. The van der Waals surface area contributed by atoms with Crippen molar-refractivity contribution in [2.45, 2.75) is 19.9 Å². The number of aromatic nitrogens is 1. The molecule has 1 fully saturated rings. The molecule has 2 aromatic carbocycles. The molecule has 0 spiro atoms. The summed E-state index contributed by atoms with van der Waals surface area (Å²) in [5, 5.41) is 6.82. The van der Waals surface area contributed by atoms with Gasteiger partial charge in [0.05, 0.1) is 0 Å². The zero-order valence-electron chi connectivity index (χ0n) is 18.5. The summed E-state index contributed by atoms with van der Waals surface area (Å²) >= 11 is 0. The fourth-order valence-corrected chi connectivity index (χ4v) is 3.84. The van der Waals surface area contributed by atoms with E-state index in [0.717, 1.165) is 36.3 Å². The van der Waals surface area contributed by atoms with Crippen molar-refractivity contribution < 1.29 is 14.1 Å². The predicted molar refractivity (Wildman–Crippen MR) is 122 cm³/mol. The Labute approximate surface area is 188 Å². The fraction of sp³-hybridized carbons (Fsp3) is 0.320. The van der Waals surface area contributed by atoms with Gasteiger partial charge in [-0.1, -0.05) is 72.2 Å². The van der Waals surface area contributed by atoms with Crippen LogP contribution in [0.4, 0.5) is 0 Å². The predicted octanol–water partition coefficient (Wildman–Crippen LogP) is 3.29. The Balaban J connectivity index is 1.52. The Morgan fingerprint density at radius 1 is 1.03 bits per heavy atom. The third-order valence-corrected chi connectivity index (χ3v) is 5.87. The van der Waals surface area contributed by atoms with E-state index in [4.69, 9.17) is 4.52 Å². The summed E-state index contributed by atoms with van der Waals surface area (Å²) in [6.07, 6.45) is 0. The first-order valence-electron chi connectivity index (χ1n) is 11.0. The third kappa shape index (κ3) is 4.89. The van der Waals surface area contributed by atoms with Crippen LogP contribution in [-0.4, -0.2) is 59.5 Å². The lowest BCUT2D eigenvalue weighted by Crippen LogP contribution is -2.52. The molecule has 4 rings (SSSR count). The quantitative estimate of drug-likeness (QED) is 0.647. The number of nitrogens with zero attached hydrogens (tertiary/aromatic N) is 3. The minimum absolute atomic E-state index is 0.109. The van der Waals surface area contributed by atoms with Crippen molar-refractivity contribution in [3.63, 3.8) is 0 Å². The van der Waals surface area contributed by atoms with Gasteiger partial charge in [0.25, 0.3) is 5.91 Å². The summed E-state index contributed by atoms with van der Waals surface area (Å²) in [4.78, 5) is 30.5. The maximum atomic E-state index is 13.4. The van der Waals surface area contributed by atoms with E-state index in [-0.39, 0.29) is 11.6 Å². The number of piperazine rings is 1. The molecule has 0 bridgehead atoms. The first kappa shape index (κ1) is 21.8. The average molecular weight is 433 g/mol. The Morgan fingerprint density at radius 3 is 2.38 bits per heavy atom. The van der Waals surface area contributed by atoms with E-state index in [9.17, 15) is 9.59 Å². The first-order chi connectivity index (χ1) is 15.5. The van der Waals surface area contributed by atoms with Crippen molar-refractivity contribution in [1.29, 1.82) is 0 Å². The van der Waals surface area contributed by atoms with Crippen LogP contribution in [-0.2, 0) is 4.79 Å². The number of carbonyl (C=O) groups is 2. The number of benzene rings is 2. The molecule has 32 heavy (non-hydrogen) atoms. The number of rotatable bonds is 6. The summed E-state index contributed by atoms with van der Waals surface area (Å²) in [7, 11) is 0. The van der Waals surface area contributed by atoms with Gasteiger partial charge in [-0.2, -0.15) is 0 Å². The van der Waals surface area contributed by atoms with Crippen molar-refractivity contribution in [3.05, 3.63) is 77.5 Å². The van der Waals surface area contributed by atoms with Crippen LogP contribution in [0.15, 0.2) is 65.2 Å². The molecule has 1 atom stereocenters. The van der Waals surface area contributed by atoms with Crippen LogP contribution in [0.2, 0.25) is 0 Å². The van der Waals surface area contributed by atoms with E-state index >= 15 is 0 Å². The lowest BCUT2D eigenvalue weighted by molar-refractivity contribution is -0.135. The summed E-state index contributed by atoms with van der Waals surface area (Å²) in [6.45, 7) is 8.05. The highest BCUT2D eigenvalue weighted by atomic mass is 16.5. The third-order valence-electron chi connectivity index (χ3n) is 5.87. The maximum absolute atomic E-state index is 13.4. The number of hydrogen-bond acceptors (Lipinski definition) is 5. The molecule has 1 aromatic heterocycles. The highest BCUT2D eigenvalue weighted by molar-refractivity contribution is 5.97. The Hall–Kier alpha value is -3.45. The number of aryl methyl sites for hydroxylation is 1. The van der Waals surface area contributed by atoms with E-state index in [1.807, 2.05) is 66.4 Å². The van der Waals surface area contributed by atoms with Crippen LogP contribution in [0.3, 0.4) is 0 Å². The largest absolute Gasteiger partial charge is 0.355 e. The van der Waals surface area contributed by atoms with E-state index in [0.29, 0.717) is 18.8 Å². The van der Waals surface area contributed by atoms with Gasteiger partial charge in [-0.3, -0.25) is 9.59 Å². The second-order valence-electron chi connectivity index (χ2n) is 8.02. The van der Waals surface area contributed by atoms with Gasteiger partial charge in [-0.05, 0) is 19.0 Å². The van der Waals surface area contributed by atoms with Crippen molar-refractivity contribution in [2.75, 3.05) is 32.7 Å². The average Bonchev–Trinajstić information content (AvgIpc) is 3.33. The molecule has 166 valence electrons. The van der Waals surface area contributed by atoms with Gasteiger partial charge in [0, 0.05) is 37.8 Å². The smallest absolute Gasteiger partial charge is 0.274 e. The number of likely N-dealkylation sites (N-methyl/N-ethyl adjacent to an activating group) is 1. The van der Waals surface area contributed by atoms with Crippen LogP contribution < -0.4 is 5.32 Å². The van der Waals surface area contributed by atoms with Gasteiger partial charge in [0.15, 0.2) is 11.5 Å². The summed E-state index contributed by atoms with van der Waals surface area (Å²) < 4.78 is 5.39. The molecule has 1 N–H and O–H groups in total. The molecule has 0 saturated carbocycles. The van der Waals surface area contributed by atoms with E-state index in [2.05, 4.69) is 22.3 Å². The topological polar surface area (TPSA) is 78.7 Å². The maximum Gasteiger partial charge on any atom is 0.274 e. The van der Waals surface area contributed by atoms with Crippen LogP contribution in [0.25, 0.3) is 11.3 Å². The molecule has 3 aromatic rings. The normalized spacial score (nSPS) is 15.4. The molecule has 1 unspecified atom stereocenters. The van der Waals surface area contributed by atoms with Crippen molar-refractivity contribution in [2.24, 2.45) is 0 Å². The second-order valence-corrected chi connectivity index (χ2v) is 8.02. The zero-order valence-corrected chi connectivity index (χ0v) is 18.5. The van der Waals surface area contributed by atoms with E-state index in [1.54, 1.807) is 6.07 Å². The summed E-state index contributed by atoms with van der Waals surface area (Å²) in [6, 6.07) is 17.9. The molecule has 1 aliphatic rings. The minimum Gasteiger partial charge on any atom is -0.355 e. The standard InChI is InChI=1S/C25H28N4O3/c1-3-28-13-15-29(16-14-28)25(31)23(20-7-5-4-6-8-20)26-24(30)21-17-22(32-27-21)19-11-9-18(2)10-12-19/h4-12,17,23H,3,13-16H2,1-2H3,(H,26,30). The molecule has 1 aliphatic heterocycles. The lowest BCUT2D eigenvalue weighted by Gasteiger charge is -2.36. The van der Waals surface area contributed by atoms with Gasteiger partial charge in [0.1, 0.15) is 6.04 Å². The molecular formula is C25H28N4O3. The Kier molecular flexibility index (Phi) is 6.66. The molecule has 7 heteroatoms. The van der Waals surface area contributed by atoms with Crippen molar-refractivity contribution in [1.82, 2.24) is 20.3 Å². The zero-order chi connectivity index (χ0) is 22.5. The van der Waals surface area contributed by atoms with Gasteiger partial charge in [0.2, 0.25) is 5.91 Å². The van der Waals surface area contributed by atoms with E-state index in [1.165, 1.54) is 0 Å². The molecule has 1 saturated heterocycles. The van der Waals surface area contributed by atoms with Crippen LogP contribution in [0.1, 0.15) is 34.6 Å². The Bertz CT molecular complexity index is 1050. The van der Waals surface area contributed by atoms with Gasteiger partial charge in [-0.15, -0.1) is 0 Å². The monoisotopic (exact) mass is 432 g/mol. The number of amides is 2. The molecule has 0 aliphatic carbocycles. The van der Waals surface area contributed by atoms with Crippen molar-refractivity contribution in [3.8, 4) is 11.3 Å².